The summed E-state index contributed by atoms with van der Waals surface area (Å²) in [6, 6.07) is 0. The van der Waals surface area contributed by atoms with Gasteiger partial charge in [-0.2, -0.15) is 0 Å². The molecule has 0 radical (unpaired) electrons. The van der Waals surface area contributed by atoms with Gasteiger partial charge in [-0.15, -0.1) is 0 Å². The van der Waals surface area contributed by atoms with Crippen LogP contribution in [0.5, 0.6) is 0 Å². The fraction of sp³-hybridized carbons (Fsp3) is 0.750. The number of amides is 1. The summed E-state index contributed by atoms with van der Waals surface area (Å²) in [5, 5.41) is 0. The first-order valence-electron chi connectivity index (χ1n) is 2.33. The summed E-state index contributed by atoms with van der Waals surface area (Å²) < 4.78 is 0.451. The smallest absolute Gasteiger partial charge is 0.222 e. The topological polar surface area (TPSA) is 43.1 Å². The first-order valence-corrected chi connectivity index (χ1v) is 4.61. The van der Waals surface area contributed by atoms with Crippen molar-refractivity contribution in [1.29, 1.82) is 0 Å². The van der Waals surface area contributed by atoms with E-state index in [2.05, 4.69) is 0 Å². The molecule has 0 aromatic rings. The number of nitrogens with two attached hydrogens (primary N) is 1. The molecule has 1 saturated heterocycles. The lowest BCUT2D eigenvalue weighted by atomic mass is 10.2. The first kappa shape index (κ1) is 6.29. The Balaban J connectivity index is 2.32. The Morgan fingerprint density at radius 2 is 2.25 bits per heavy atom. The number of carbonyl (C=O) groups is 1. The molecule has 1 fully saturated rings. The maximum absolute atomic E-state index is 10.4. The van der Waals surface area contributed by atoms with E-state index in [1.807, 2.05) is 6.92 Å². The maximum atomic E-state index is 10.4. The van der Waals surface area contributed by atoms with Crippen molar-refractivity contribution in [1.82, 2.24) is 0 Å². The zero-order valence-corrected chi connectivity index (χ0v) is 6.09. The molecule has 0 bridgehead atoms. The van der Waals surface area contributed by atoms with Crippen molar-refractivity contribution in [3.05, 3.63) is 0 Å². The molecule has 1 amide bonds. The molecule has 0 aliphatic carbocycles. The van der Waals surface area contributed by atoms with Crippen LogP contribution in [-0.2, 0) is 4.79 Å². The van der Waals surface area contributed by atoms with Crippen molar-refractivity contribution in [3.8, 4) is 0 Å². The summed E-state index contributed by atoms with van der Waals surface area (Å²) in [4.78, 5) is 10.4. The Labute approximate surface area is 56.0 Å². The van der Waals surface area contributed by atoms with Crippen LogP contribution < -0.4 is 5.73 Å². The molecular formula is C4H7NOS2. The summed E-state index contributed by atoms with van der Waals surface area (Å²) in [7, 11) is 3.44. The van der Waals surface area contributed by atoms with Gasteiger partial charge >= 0.3 is 0 Å². The van der Waals surface area contributed by atoms with Crippen molar-refractivity contribution >= 4 is 27.5 Å². The van der Waals surface area contributed by atoms with E-state index in [1.54, 1.807) is 21.6 Å². The van der Waals surface area contributed by atoms with Gasteiger partial charge in [-0.25, -0.2) is 0 Å². The number of hydrogen-bond donors (Lipinski definition) is 1. The standard InChI is InChI=1S/C4H7NOS2/c1-2(3(5)6)4-7-8-4/h2,4H,1H3,(H2,5,6)/t2-/m0/s1. The summed E-state index contributed by atoms with van der Waals surface area (Å²) in [5.41, 5.74) is 5.01. The average molecular weight is 149 g/mol. The second-order valence-corrected chi connectivity index (χ2v) is 4.61. The largest absolute Gasteiger partial charge is 0.369 e. The van der Waals surface area contributed by atoms with E-state index >= 15 is 0 Å². The van der Waals surface area contributed by atoms with Crippen LogP contribution in [0.15, 0.2) is 0 Å². The number of hydrogen-bond acceptors (Lipinski definition) is 3. The van der Waals surface area contributed by atoms with Crippen LogP contribution in [0.4, 0.5) is 0 Å². The highest BCUT2D eigenvalue weighted by Crippen LogP contribution is 2.56. The maximum Gasteiger partial charge on any atom is 0.222 e. The second-order valence-electron chi connectivity index (χ2n) is 1.75. The van der Waals surface area contributed by atoms with E-state index in [0.717, 1.165) is 0 Å². The van der Waals surface area contributed by atoms with Crippen LogP contribution in [0.25, 0.3) is 0 Å². The monoisotopic (exact) mass is 149 g/mol. The molecule has 4 heteroatoms. The lowest BCUT2D eigenvalue weighted by Gasteiger charge is -1.97. The van der Waals surface area contributed by atoms with Gasteiger partial charge in [-0.3, -0.25) is 4.79 Å². The van der Waals surface area contributed by atoms with Crippen molar-refractivity contribution in [3.63, 3.8) is 0 Å². The fourth-order valence-corrected chi connectivity index (χ4v) is 2.19. The van der Waals surface area contributed by atoms with Crippen LogP contribution >= 0.6 is 21.6 Å². The van der Waals surface area contributed by atoms with Gasteiger partial charge in [0.2, 0.25) is 5.91 Å². The zero-order chi connectivity index (χ0) is 6.15. The molecule has 0 aromatic heterocycles. The van der Waals surface area contributed by atoms with E-state index in [9.17, 15) is 4.79 Å². The summed E-state index contributed by atoms with van der Waals surface area (Å²) >= 11 is 0. The molecule has 2 nitrogen and oxygen atoms in total. The van der Waals surface area contributed by atoms with Gasteiger partial charge in [-0.1, -0.05) is 28.5 Å². The van der Waals surface area contributed by atoms with Crippen LogP contribution in [0.2, 0.25) is 0 Å². The highest BCUT2D eigenvalue weighted by atomic mass is 33.2. The molecule has 0 saturated carbocycles. The first-order chi connectivity index (χ1) is 3.72. The number of carbonyl (C=O) groups excluding carboxylic acids is 1. The van der Waals surface area contributed by atoms with Crippen LogP contribution in [0.1, 0.15) is 6.92 Å². The minimum absolute atomic E-state index is 0.0463. The molecule has 2 N–H and O–H groups in total. The molecule has 1 atom stereocenters. The molecule has 46 valence electrons. The Bertz CT molecular complexity index is 113. The Morgan fingerprint density at radius 1 is 1.75 bits per heavy atom. The molecular weight excluding hydrogens is 142 g/mol. The molecule has 0 spiro atoms. The average Bonchev–Trinajstić information content (AvgIpc) is 2.43. The highest BCUT2D eigenvalue weighted by Gasteiger charge is 2.33. The minimum atomic E-state index is -0.188. The van der Waals surface area contributed by atoms with Crippen LogP contribution in [-0.4, -0.2) is 10.5 Å². The van der Waals surface area contributed by atoms with Crippen LogP contribution in [0.3, 0.4) is 0 Å². The summed E-state index contributed by atoms with van der Waals surface area (Å²) in [5.74, 6) is -0.141. The predicted molar refractivity (Wildman–Crippen MR) is 37.3 cm³/mol. The summed E-state index contributed by atoms with van der Waals surface area (Å²) in [6.07, 6.45) is 0. The van der Waals surface area contributed by atoms with Crippen molar-refractivity contribution in [2.75, 3.05) is 0 Å². The van der Waals surface area contributed by atoms with Gasteiger partial charge in [0, 0.05) is 0 Å². The molecule has 1 heterocycles. The Morgan fingerprint density at radius 3 is 2.38 bits per heavy atom. The molecule has 0 unspecified atom stereocenters. The lowest BCUT2D eigenvalue weighted by Crippen LogP contribution is -2.22. The Kier molecular flexibility index (Phi) is 1.72. The number of rotatable bonds is 2. The lowest BCUT2D eigenvalue weighted by molar-refractivity contribution is -0.120. The van der Waals surface area contributed by atoms with E-state index in [4.69, 9.17) is 5.73 Å². The van der Waals surface area contributed by atoms with E-state index in [0.29, 0.717) is 4.58 Å². The molecule has 0 aromatic carbocycles. The Hall–Kier alpha value is 0.170. The minimum Gasteiger partial charge on any atom is -0.369 e. The molecule has 8 heavy (non-hydrogen) atoms. The van der Waals surface area contributed by atoms with Gasteiger partial charge in [0.15, 0.2) is 0 Å². The van der Waals surface area contributed by atoms with Crippen molar-refractivity contribution in [2.45, 2.75) is 11.5 Å². The van der Waals surface area contributed by atoms with E-state index < -0.39 is 0 Å². The predicted octanol–water partition coefficient (Wildman–Crippen LogP) is 0.829. The summed E-state index contributed by atoms with van der Waals surface area (Å²) in [6.45, 7) is 1.86. The SMILES string of the molecule is C[C@@H](C(N)=O)C1SS1. The normalized spacial score (nSPS) is 22.6. The highest BCUT2D eigenvalue weighted by molar-refractivity contribution is 8.92. The van der Waals surface area contributed by atoms with Gasteiger partial charge in [-0.05, 0) is 0 Å². The zero-order valence-electron chi connectivity index (χ0n) is 4.46. The van der Waals surface area contributed by atoms with Crippen molar-refractivity contribution < 1.29 is 4.79 Å². The number of primary amides is 1. The third-order valence-corrected chi connectivity index (χ3v) is 3.54. The van der Waals surface area contributed by atoms with Gasteiger partial charge in [0.1, 0.15) is 0 Å². The van der Waals surface area contributed by atoms with Gasteiger partial charge in [0.05, 0.1) is 10.5 Å². The van der Waals surface area contributed by atoms with Gasteiger partial charge in [0.25, 0.3) is 0 Å². The molecule has 1 aliphatic rings. The van der Waals surface area contributed by atoms with Crippen LogP contribution in [0, 0.1) is 5.92 Å². The molecule has 1 aliphatic heterocycles. The van der Waals surface area contributed by atoms with Gasteiger partial charge < -0.3 is 5.73 Å². The van der Waals surface area contributed by atoms with E-state index in [-0.39, 0.29) is 11.8 Å². The fourth-order valence-electron chi connectivity index (χ4n) is 0.333. The molecule has 1 rings (SSSR count). The second kappa shape index (κ2) is 2.19. The quantitative estimate of drug-likeness (QED) is 0.467. The van der Waals surface area contributed by atoms with E-state index in [1.165, 1.54) is 0 Å². The van der Waals surface area contributed by atoms with Crippen molar-refractivity contribution in [2.24, 2.45) is 11.7 Å². The third kappa shape index (κ3) is 1.32. The third-order valence-electron chi connectivity index (χ3n) is 1.06.